The lowest BCUT2D eigenvalue weighted by Gasteiger charge is -2.00. The summed E-state index contributed by atoms with van der Waals surface area (Å²) in [7, 11) is 0. The molecule has 2 rings (SSSR count). The van der Waals surface area contributed by atoms with E-state index in [0.717, 1.165) is 0 Å². The molecule has 0 bridgehead atoms. The topological polar surface area (TPSA) is 50.9 Å². The van der Waals surface area contributed by atoms with Gasteiger partial charge in [-0.2, -0.15) is 0 Å². The number of aromatic nitrogens is 3. The van der Waals surface area contributed by atoms with Gasteiger partial charge in [0.25, 0.3) is 0 Å². The summed E-state index contributed by atoms with van der Waals surface area (Å²) in [4.78, 5) is 0. The second-order valence-electron chi connectivity index (χ2n) is 2.94. The van der Waals surface area contributed by atoms with E-state index < -0.39 is 5.82 Å². The molecule has 78 valence electrons. The van der Waals surface area contributed by atoms with E-state index in [1.54, 1.807) is 6.07 Å². The number of hydrogen-bond acceptors (Lipinski definition) is 3. The molecule has 0 aliphatic carbocycles. The molecule has 4 nitrogen and oxygen atoms in total. The number of aliphatic hydroxyl groups excluding tert-OH is 1. The Morgan fingerprint density at radius 3 is 2.80 bits per heavy atom. The van der Waals surface area contributed by atoms with Crippen molar-refractivity contribution in [2.75, 3.05) is 0 Å². The second-order valence-corrected chi connectivity index (χ2v) is 3.38. The van der Waals surface area contributed by atoms with Gasteiger partial charge in [0.2, 0.25) is 0 Å². The third kappa shape index (κ3) is 2.14. The zero-order valence-electron chi connectivity index (χ0n) is 7.56. The van der Waals surface area contributed by atoms with Crippen LogP contribution in [-0.2, 0) is 6.61 Å². The molecule has 0 saturated heterocycles. The third-order valence-electron chi connectivity index (χ3n) is 1.81. The maximum absolute atomic E-state index is 13.0. The van der Waals surface area contributed by atoms with Gasteiger partial charge in [-0.3, -0.25) is 0 Å². The number of hydrogen-bond donors (Lipinski definition) is 1. The van der Waals surface area contributed by atoms with E-state index >= 15 is 0 Å². The van der Waals surface area contributed by atoms with E-state index in [4.69, 9.17) is 16.7 Å². The van der Waals surface area contributed by atoms with Crippen LogP contribution in [0.5, 0.6) is 0 Å². The first-order valence-corrected chi connectivity index (χ1v) is 4.55. The number of halogens is 2. The van der Waals surface area contributed by atoms with Crippen molar-refractivity contribution in [3.63, 3.8) is 0 Å². The van der Waals surface area contributed by atoms with E-state index in [2.05, 4.69) is 10.3 Å². The van der Waals surface area contributed by atoms with Gasteiger partial charge in [0, 0.05) is 5.02 Å². The molecular weight excluding hydrogens is 221 g/mol. The maximum atomic E-state index is 13.0. The Labute approximate surface area is 89.9 Å². The largest absolute Gasteiger partial charge is 0.390 e. The van der Waals surface area contributed by atoms with Crippen LogP contribution in [0.4, 0.5) is 4.39 Å². The lowest BCUT2D eigenvalue weighted by atomic mass is 10.3. The Morgan fingerprint density at radius 2 is 2.20 bits per heavy atom. The SMILES string of the molecule is OCc1cn(-c2cc(F)cc(Cl)c2)nn1. The van der Waals surface area contributed by atoms with E-state index in [0.29, 0.717) is 11.4 Å². The van der Waals surface area contributed by atoms with Gasteiger partial charge in [0.05, 0.1) is 18.5 Å². The molecule has 0 aliphatic heterocycles. The second kappa shape index (κ2) is 3.96. The van der Waals surface area contributed by atoms with E-state index in [1.165, 1.54) is 23.0 Å². The van der Waals surface area contributed by atoms with Crippen LogP contribution in [0.25, 0.3) is 5.69 Å². The highest BCUT2D eigenvalue weighted by atomic mass is 35.5. The number of aliphatic hydroxyl groups is 1. The molecule has 0 radical (unpaired) electrons. The molecule has 15 heavy (non-hydrogen) atoms. The molecule has 6 heteroatoms. The Kier molecular flexibility index (Phi) is 2.66. The highest BCUT2D eigenvalue weighted by Gasteiger charge is 2.04. The third-order valence-corrected chi connectivity index (χ3v) is 2.03. The minimum Gasteiger partial charge on any atom is -0.390 e. The van der Waals surface area contributed by atoms with Crippen LogP contribution in [0.2, 0.25) is 5.02 Å². The Morgan fingerprint density at radius 1 is 1.40 bits per heavy atom. The van der Waals surface area contributed by atoms with Crippen LogP contribution in [0.15, 0.2) is 24.4 Å². The van der Waals surface area contributed by atoms with Gasteiger partial charge in [-0.25, -0.2) is 9.07 Å². The van der Waals surface area contributed by atoms with Crippen molar-refractivity contribution in [2.45, 2.75) is 6.61 Å². The summed E-state index contributed by atoms with van der Waals surface area (Å²) in [5.41, 5.74) is 0.877. The van der Waals surface area contributed by atoms with Gasteiger partial charge in [-0.05, 0) is 18.2 Å². The highest BCUT2D eigenvalue weighted by molar-refractivity contribution is 6.30. The zero-order valence-corrected chi connectivity index (χ0v) is 8.32. The standard InChI is InChI=1S/C9H7ClFN3O/c10-6-1-7(11)3-9(2-6)14-4-8(5-15)12-13-14/h1-4,15H,5H2. The van der Waals surface area contributed by atoms with Crippen molar-refractivity contribution in [2.24, 2.45) is 0 Å². The molecule has 0 atom stereocenters. The van der Waals surface area contributed by atoms with Gasteiger partial charge in [-0.15, -0.1) is 5.10 Å². The van der Waals surface area contributed by atoms with Crippen LogP contribution in [0.3, 0.4) is 0 Å². The summed E-state index contributed by atoms with van der Waals surface area (Å²) < 4.78 is 14.4. The minimum atomic E-state index is -0.446. The van der Waals surface area contributed by atoms with Crippen molar-refractivity contribution in [1.29, 1.82) is 0 Å². The molecule has 1 aromatic carbocycles. The summed E-state index contributed by atoms with van der Waals surface area (Å²) in [5.74, 6) is -0.446. The van der Waals surface area contributed by atoms with Gasteiger partial charge >= 0.3 is 0 Å². The molecule has 0 spiro atoms. The monoisotopic (exact) mass is 227 g/mol. The summed E-state index contributed by atoms with van der Waals surface area (Å²) in [6, 6.07) is 4.04. The van der Waals surface area contributed by atoms with Crippen molar-refractivity contribution >= 4 is 11.6 Å². The molecule has 0 unspecified atom stereocenters. The summed E-state index contributed by atoms with van der Waals surface area (Å²) in [6.45, 7) is -0.205. The van der Waals surface area contributed by atoms with Gasteiger partial charge in [0.1, 0.15) is 11.5 Å². The highest BCUT2D eigenvalue weighted by Crippen LogP contribution is 2.16. The lowest BCUT2D eigenvalue weighted by Crippen LogP contribution is -1.95. The lowest BCUT2D eigenvalue weighted by molar-refractivity contribution is 0.276. The molecule has 2 aromatic rings. The van der Waals surface area contributed by atoms with Crippen LogP contribution in [0.1, 0.15) is 5.69 Å². The molecule has 0 amide bonds. The predicted molar refractivity (Wildman–Crippen MR) is 52.2 cm³/mol. The van der Waals surface area contributed by atoms with E-state index in [-0.39, 0.29) is 11.6 Å². The van der Waals surface area contributed by atoms with E-state index in [1.807, 2.05) is 0 Å². The first-order valence-electron chi connectivity index (χ1n) is 4.17. The first-order chi connectivity index (χ1) is 7.19. The first kappa shape index (κ1) is 10.1. The molecule has 0 fully saturated rings. The Hall–Kier alpha value is -1.46. The smallest absolute Gasteiger partial charge is 0.126 e. The fourth-order valence-electron chi connectivity index (χ4n) is 1.17. The number of rotatable bonds is 2. The van der Waals surface area contributed by atoms with Crippen molar-refractivity contribution < 1.29 is 9.50 Å². The molecule has 0 aliphatic rings. The minimum absolute atomic E-state index is 0.205. The molecule has 1 heterocycles. The Balaban J connectivity index is 2.44. The summed E-state index contributed by atoms with van der Waals surface area (Å²) in [5, 5.41) is 16.5. The van der Waals surface area contributed by atoms with E-state index in [9.17, 15) is 4.39 Å². The molecule has 1 N–H and O–H groups in total. The fraction of sp³-hybridized carbons (Fsp3) is 0.111. The number of benzene rings is 1. The van der Waals surface area contributed by atoms with Gasteiger partial charge in [0.15, 0.2) is 0 Å². The zero-order chi connectivity index (χ0) is 10.8. The van der Waals surface area contributed by atoms with Crippen LogP contribution >= 0.6 is 11.6 Å². The molecule has 0 saturated carbocycles. The Bertz CT molecular complexity index is 466. The van der Waals surface area contributed by atoms with Crippen LogP contribution in [0, 0.1) is 5.82 Å². The average Bonchev–Trinajstić information content (AvgIpc) is 2.64. The normalized spacial score (nSPS) is 10.6. The van der Waals surface area contributed by atoms with Gasteiger partial charge in [-0.1, -0.05) is 16.8 Å². The predicted octanol–water partition coefficient (Wildman–Crippen LogP) is 1.55. The summed E-state index contributed by atoms with van der Waals surface area (Å²) in [6.07, 6.45) is 1.51. The van der Waals surface area contributed by atoms with Crippen LogP contribution < -0.4 is 0 Å². The quantitative estimate of drug-likeness (QED) is 0.847. The number of nitrogens with zero attached hydrogens (tertiary/aromatic N) is 3. The fourth-order valence-corrected chi connectivity index (χ4v) is 1.38. The van der Waals surface area contributed by atoms with Crippen molar-refractivity contribution in [3.05, 3.63) is 40.9 Å². The van der Waals surface area contributed by atoms with Gasteiger partial charge < -0.3 is 5.11 Å². The average molecular weight is 228 g/mol. The van der Waals surface area contributed by atoms with Crippen molar-refractivity contribution in [3.8, 4) is 5.69 Å². The summed E-state index contributed by atoms with van der Waals surface area (Å²) >= 11 is 5.69. The molecule has 1 aromatic heterocycles. The molecular formula is C9H7ClFN3O. The van der Waals surface area contributed by atoms with Crippen LogP contribution in [-0.4, -0.2) is 20.1 Å². The van der Waals surface area contributed by atoms with Crippen molar-refractivity contribution in [1.82, 2.24) is 15.0 Å². The maximum Gasteiger partial charge on any atom is 0.126 e.